The van der Waals surface area contributed by atoms with Gasteiger partial charge in [-0.2, -0.15) is 5.10 Å². The zero-order valence-electron chi connectivity index (χ0n) is 11.1. The molecule has 5 nitrogen and oxygen atoms in total. The average molecular weight is 327 g/mol. The standard InChI is InChI=1S/C14H12Cl2N2O3/c1-8(10-5-6-17-18(10)2)9-3-4-11(14(16)13(9)15)21-7-12(19)20/h3-6H,1,7H2,2H3,(H,19,20). The van der Waals surface area contributed by atoms with Crippen molar-refractivity contribution >= 4 is 34.7 Å². The Bertz CT molecular complexity index is 710. The van der Waals surface area contributed by atoms with Gasteiger partial charge in [0.05, 0.1) is 10.7 Å². The molecular formula is C14H12Cl2N2O3. The Hall–Kier alpha value is -1.98. The predicted octanol–water partition coefficient (Wildman–Crippen LogP) is 3.25. The van der Waals surface area contributed by atoms with Crippen LogP contribution in [0.3, 0.4) is 0 Å². The molecule has 0 aliphatic rings. The molecule has 7 heteroatoms. The molecule has 0 aliphatic carbocycles. The number of nitrogens with zero attached hydrogens (tertiary/aromatic N) is 2. The van der Waals surface area contributed by atoms with Crippen molar-refractivity contribution in [3.05, 3.63) is 52.3 Å². The highest BCUT2D eigenvalue weighted by atomic mass is 35.5. The Kier molecular flexibility index (Phi) is 4.55. The van der Waals surface area contributed by atoms with E-state index < -0.39 is 12.6 Å². The SMILES string of the molecule is C=C(c1ccc(OCC(=O)O)c(Cl)c1Cl)c1ccnn1C. The normalized spacial score (nSPS) is 10.4. The molecule has 0 saturated heterocycles. The molecule has 0 amide bonds. The molecule has 2 aromatic rings. The number of aryl methyl sites for hydroxylation is 1. The first-order chi connectivity index (χ1) is 9.91. The molecule has 0 fully saturated rings. The summed E-state index contributed by atoms with van der Waals surface area (Å²) in [5, 5.41) is 13.1. The Morgan fingerprint density at radius 1 is 1.38 bits per heavy atom. The summed E-state index contributed by atoms with van der Waals surface area (Å²) in [5.74, 6) is -0.879. The van der Waals surface area contributed by atoms with Gasteiger partial charge in [0.1, 0.15) is 10.8 Å². The van der Waals surface area contributed by atoms with E-state index in [0.717, 1.165) is 5.69 Å². The van der Waals surface area contributed by atoms with Crippen molar-refractivity contribution < 1.29 is 14.6 Å². The smallest absolute Gasteiger partial charge is 0.341 e. The lowest BCUT2D eigenvalue weighted by Gasteiger charge is -2.13. The van der Waals surface area contributed by atoms with Crippen molar-refractivity contribution in [2.75, 3.05) is 6.61 Å². The third-order valence-electron chi connectivity index (χ3n) is 2.85. The third-order valence-corrected chi connectivity index (χ3v) is 3.72. The molecule has 1 aromatic carbocycles. The number of rotatable bonds is 5. The second kappa shape index (κ2) is 6.20. The number of hydrogen-bond acceptors (Lipinski definition) is 3. The number of carbonyl (C=O) groups is 1. The highest BCUT2D eigenvalue weighted by molar-refractivity contribution is 6.44. The monoisotopic (exact) mass is 326 g/mol. The van der Waals surface area contributed by atoms with Crippen molar-refractivity contribution in [1.29, 1.82) is 0 Å². The van der Waals surface area contributed by atoms with Gasteiger partial charge in [-0.25, -0.2) is 4.79 Å². The van der Waals surface area contributed by atoms with Gasteiger partial charge >= 0.3 is 5.97 Å². The van der Waals surface area contributed by atoms with E-state index in [1.807, 2.05) is 0 Å². The van der Waals surface area contributed by atoms with Crippen LogP contribution in [0.5, 0.6) is 5.75 Å². The van der Waals surface area contributed by atoms with Gasteiger partial charge in [0.2, 0.25) is 0 Å². The quantitative estimate of drug-likeness (QED) is 0.915. The van der Waals surface area contributed by atoms with E-state index in [0.29, 0.717) is 11.1 Å². The number of aromatic nitrogens is 2. The van der Waals surface area contributed by atoms with Gasteiger partial charge in [-0.05, 0) is 18.2 Å². The summed E-state index contributed by atoms with van der Waals surface area (Å²) >= 11 is 12.3. The average Bonchev–Trinajstić information content (AvgIpc) is 2.86. The van der Waals surface area contributed by atoms with Crippen molar-refractivity contribution in [2.24, 2.45) is 7.05 Å². The second-order valence-electron chi connectivity index (χ2n) is 4.24. The fourth-order valence-electron chi connectivity index (χ4n) is 1.82. The van der Waals surface area contributed by atoms with E-state index in [9.17, 15) is 4.79 Å². The topological polar surface area (TPSA) is 64.3 Å². The molecule has 1 heterocycles. The summed E-state index contributed by atoms with van der Waals surface area (Å²) in [6, 6.07) is 5.05. The summed E-state index contributed by atoms with van der Waals surface area (Å²) in [6.07, 6.45) is 1.65. The molecule has 0 atom stereocenters. The number of halogens is 2. The molecule has 2 rings (SSSR count). The van der Waals surface area contributed by atoms with Crippen LogP contribution in [0.2, 0.25) is 10.0 Å². The highest BCUT2D eigenvalue weighted by Crippen LogP contribution is 2.38. The first-order valence-corrected chi connectivity index (χ1v) is 6.67. The summed E-state index contributed by atoms with van der Waals surface area (Å²) < 4.78 is 6.73. The molecule has 0 bridgehead atoms. The maximum Gasteiger partial charge on any atom is 0.341 e. The van der Waals surface area contributed by atoms with Crippen LogP contribution in [0.15, 0.2) is 31.0 Å². The molecule has 110 valence electrons. The van der Waals surface area contributed by atoms with Crippen LogP contribution in [0, 0.1) is 0 Å². The molecule has 0 unspecified atom stereocenters. The molecule has 1 aromatic heterocycles. The van der Waals surface area contributed by atoms with Gasteiger partial charge in [0, 0.05) is 24.4 Å². The van der Waals surface area contributed by atoms with Gasteiger partial charge in [0.15, 0.2) is 6.61 Å². The highest BCUT2D eigenvalue weighted by Gasteiger charge is 2.16. The Morgan fingerprint density at radius 3 is 2.67 bits per heavy atom. The Morgan fingerprint density at radius 2 is 2.10 bits per heavy atom. The van der Waals surface area contributed by atoms with Crippen LogP contribution in [0.1, 0.15) is 11.3 Å². The maximum atomic E-state index is 10.5. The van der Waals surface area contributed by atoms with E-state index in [-0.39, 0.29) is 15.8 Å². The lowest BCUT2D eigenvalue weighted by molar-refractivity contribution is -0.139. The van der Waals surface area contributed by atoms with Crippen LogP contribution >= 0.6 is 23.2 Å². The fourth-order valence-corrected chi connectivity index (χ4v) is 2.31. The van der Waals surface area contributed by atoms with Gasteiger partial charge in [-0.1, -0.05) is 29.8 Å². The zero-order valence-corrected chi connectivity index (χ0v) is 12.6. The minimum atomic E-state index is -1.09. The van der Waals surface area contributed by atoms with Crippen LogP contribution < -0.4 is 4.74 Å². The van der Waals surface area contributed by atoms with E-state index in [4.69, 9.17) is 33.0 Å². The van der Waals surface area contributed by atoms with E-state index >= 15 is 0 Å². The van der Waals surface area contributed by atoms with E-state index in [2.05, 4.69) is 11.7 Å². The van der Waals surface area contributed by atoms with Gasteiger partial charge in [0.25, 0.3) is 0 Å². The minimum absolute atomic E-state index is 0.152. The van der Waals surface area contributed by atoms with Crippen LogP contribution in [0.4, 0.5) is 0 Å². The second-order valence-corrected chi connectivity index (χ2v) is 5.00. The third kappa shape index (κ3) is 3.20. The van der Waals surface area contributed by atoms with Crippen molar-refractivity contribution in [2.45, 2.75) is 0 Å². The fraction of sp³-hybridized carbons (Fsp3) is 0.143. The number of benzene rings is 1. The van der Waals surface area contributed by atoms with Crippen LogP contribution in [-0.4, -0.2) is 27.5 Å². The number of ether oxygens (including phenoxy) is 1. The largest absolute Gasteiger partial charge is 0.480 e. The first kappa shape index (κ1) is 15.4. The van der Waals surface area contributed by atoms with Crippen LogP contribution in [0.25, 0.3) is 5.57 Å². The molecule has 0 radical (unpaired) electrons. The molecule has 0 saturated carbocycles. The van der Waals surface area contributed by atoms with Gasteiger partial charge in [-0.15, -0.1) is 0 Å². The molecule has 1 N–H and O–H groups in total. The summed E-state index contributed by atoms with van der Waals surface area (Å²) in [5.41, 5.74) is 2.09. The number of hydrogen-bond donors (Lipinski definition) is 1. The van der Waals surface area contributed by atoms with Gasteiger partial charge < -0.3 is 9.84 Å². The number of carboxylic acids is 1. The van der Waals surface area contributed by atoms with E-state index in [1.165, 1.54) is 0 Å². The maximum absolute atomic E-state index is 10.5. The predicted molar refractivity (Wildman–Crippen MR) is 80.9 cm³/mol. The first-order valence-electron chi connectivity index (χ1n) is 5.92. The van der Waals surface area contributed by atoms with Gasteiger partial charge in [-0.3, -0.25) is 4.68 Å². The zero-order chi connectivity index (χ0) is 15.6. The Balaban J connectivity index is 2.35. The lowest BCUT2D eigenvalue weighted by Crippen LogP contribution is -2.09. The Labute approximate surface area is 131 Å². The molecule has 0 spiro atoms. The summed E-state index contributed by atoms with van der Waals surface area (Å²) in [4.78, 5) is 10.5. The van der Waals surface area contributed by atoms with Crippen molar-refractivity contribution in [3.63, 3.8) is 0 Å². The summed E-state index contributed by atoms with van der Waals surface area (Å²) in [7, 11) is 1.79. The minimum Gasteiger partial charge on any atom is -0.480 e. The molecule has 0 aliphatic heterocycles. The lowest BCUT2D eigenvalue weighted by atomic mass is 10.0. The molecular weight excluding hydrogens is 315 g/mol. The van der Waals surface area contributed by atoms with Crippen LogP contribution in [-0.2, 0) is 11.8 Å². The summed E-state index contributed by atoms with van der Waals surface area (Å²) in [6.45, 7) is 3.51. The van der Waals surface area contributed by atoms with Crippen molar-refractivity contribution in [3.8, 4) is 5.75 Å². The number of carboxylic acid groups (broad SMARTS) is 1. The van der Waals surface area contributed by atoms with Crippen molar-refractivity contribution in [1.82, 2.24) is 9.78 Å². The number of aliphatic carboxylic acids is 1. The molecule has 21 heavy (non-hydrogen) atoms. The van der Waals surface area contributed by atoms with E-state index in [1.54, 1.807) is 36.1 Å².